The normalized spacial score (nSPS) is 24.6. The summed E-state index contributed by atoms with van der Waals surface area (Å²) >= 11 is 0. The highest BCUT2D eigenvalue weighted by molar-refractivity contribution is 5.92. The Kier molecular flexibility index (Phi) is 3.57. The van der Waals surface area contributed by atoms with Gasteiger partial charge >= 0.3 is 0 Å². The van der Waals surface area contributed by atoms with Crippen molar-refractivity contribution in [1.82, 2.24) is 15.3 Å². The Bertz CT molecular complexity index is 604. The van der Waals surface area contributed by atoms with Crippen molar-refractivity contribution in [2.75, 3.05) is 6.61 Å². The Morgan fingerprint density at radius 2 is 2.19 bits per heavy atom. The lowest BCUT2D eigenvalue weighted by Gasteiger charge is -2.35. The molecule has 2 fully saturated rings. The van der Waals surface area contributed by atoms with Gasteiger partial charge in [-0.05, 0) is 39.5 Å². The summed E-state index contributed by atoms with van der Waals surface area (Å²) in [5.41, 5.74) is -0.272. The number of carbonyl (C=O) groups is 1. The second-order valence-corrected chi connectivity index (χ2v) is 6.56. The van der Waals surface area contributed by atoms with Gasteiger partial charge in [-0.15, -0.1) is 0 Å². The van der Waals surface area contributed by atoms with E-state index in [1.165, 1.54) is 6.07 Å². The summed E-state index contributed by atoms with van der Waals surface area (Å²) < 4.78 is 5.64. The molecule has 1 aliphatic heterocycles. The van der Waals surface area contributed by atoms with Crippen LogP contribution in [-0.2, 0) is 4.74 Å². The van der Waals surface area contributed by atoms with Crippen molar-refractivity contribution < 1.29 is 9.53 Å². The van der Waals surface area contributed by atoms with Crippen LogP contribution in [0.25, 0.3) is 0 Å². The largest absolute Gasteiger partial charge is 0.375 e. The number of hydrogen-bond acceptors (Lipinski definition) is 4. The predicted octanol–water partition coefficient (Wildman–Crippen LogP) is 1.33. The first-order valence-corrected chi connectivity index (χ1v) is 7.49. The summed E-state index contributed by atoms with van der Waals surface area (Å²) in [6.45, 7) is 4.66. The van der Waals surface area contributed by atoms with Crippen LogP contribution in [0.1, 0.15) is 61.8 Å². The molecule has 1 aromatic heterocycles. The van der Waals surface area contributed by atoms with Crippen molar-refractivity contribution in [2.24, 2.45) is 0 Å². The zero-order valence-corrected chi connectivity index (χ0v) is 12.4. The number of H-pyrrole nitrogens is 1. The third-order valence-corrected chi connectivity index (χ3v) is 3.99. The first-order valence-electron chi connectivity index (χ1n) is 7.49. The number of nitrogens with one attached hydrogen (secondary N) is 2. The molecule has 1 aromatic rings. The lowest BCUT2D eigenvalue weighted by molar-refractivity contribution is -0.0615. The molecular weight excluding hydrogens is 270 g/mol. The molecule has 1 unspecified atom stereocenters. The standard InChI is InChI=1S/C15H21N3O3/c1-15(2)8-10(5-6-21-15)16-14(20)11-7-12(19)18-13(17-11)9-3-4-9/h7,9-10H,3-6,8H2,1-2H3,(H,16,20)(H,17,18,19). The average molecular weight is 291 g/mol. The van der Waals surface area contributed by atoms with Crippen LogP contribution < -0.4 is 10.9 Å². The fourth-order valence-electron chi connectivity index (χ4n) is 2.76. The van der Waals surface area contributed by atoms with E-state index in [0.29, 0.717) is 18.3 Å². The van der Waals surface area contributed by atoms with Gasteiger partial charge in [-0.2, -0.15) is 0 Å². The number of nitrogens with zero attached hydrogens (tertiary/aromatic N) is 1. The van der Waals surface area contributed by atoms with E-state index in [1.54, 1.807) is 0 Å². The minimum atomic E-state index is -0.272. The van der Waals surface area contributed by atoms with Crippen LogP contribution in [0.4, 0.5) is 0 Å². The number of amides is 1. The van der Waals surface area contributed by atoms with E-state index in [4.69, 9.17) is 4.74 Å². The molecule has 1 saturated heterocycles. The summed E-state index contributed by atoms with van der Waals surface area (Å²) in [4.78, 5) is 31.0. The van der Waals surface area contributed by atoms with E-state index in [9.17, 15) is 9.59 Å². The summed E-state index contributed by atoms with van der Waals surface area (Å²) in [6.07, 6.45) is 3.61. The van der Waals surface area contributed by atoms with Crippen molar-refractivity contribution in [1.29, 1.82) is 0 Å². The predicted molar refractivity (Wildman–Crippen MR) is 77.4 cm³/mol. The topological polar surface area (TPSA) is 84.1 Å². The summed E-state index contributed by atoms with van der Waals surface area (Å²) in [5.74, 6) is 0.679. The highest BCUT2D eigenvalue weighted by atomic mass is 16.5. The molecule has 1 atom stereocenters. The molecule has 21 heavy (non-hydrogen) atoms. The molecule has 3 rings (SSSR count). The van der Waals surface area contributed by atoms with Crippen LogP contribution in [0.3, 0.4) is 0 Å². The second-order valence-electron chi connectivity index (χ2n) is 6.56. The lowest BCUT2D eigenvalue weighted by Crippen LogP contribution is -2.46. The second kappa shape index (κ2) is 5.26. The van der Waals surface area contributed by atoms with Gasteiger partial charge in [0, 0.05) is 24.6 Å². The number of aromatic nitrogens is 2. The Balaban J connectivity index is 1.71. The molecule has 0 radical (unpaired) electrons. The lowest BCUT2D eigenvalue weighted by atomic mass is 9.94. The van der Waals surface area contributed by atoms with Gasteiger partial charge in [-0.3, -0.25) is 9.59 Å². The number of hydrogen-bond donors (Lipinski definition) is 2. The first-order chi connectivity index (χ1) is 9.93. The molecule has 0 aromatic carbocycles. The van der Waals surface area contributed by atoms with Gasteiger partial charge < -0.3 is 15.0 Å². The highest BCUT2D eigenvalue weighted by Crippen LogP contribution is 2.37. The van der Waals surface area contributed by atoms with Gasteiger partial charge in [0.25, 0.3) is 11.5 Å². The summed E-state index contributed by atoms with van der Waals surface area (Å²) in [6, 6.07) is 1.33. The van der Waals surface area contributed by atoms with Crippen molar-refractivity contribution >= 4 is 5.91 Å². The van der Waals surface area contributed by atoms with E-state index < -0.39 is 0 Å². The number of carbonyl (C=O) groups excluding carboxylic acids is 1. The quantitative estimate of drug-likeness (QED) is 0.880. The minimum Gasteiger partial charge on any atom is -0.375 e. The Morgan fingerprint density at radius 1 is 1.43 bits per heavy atom. The highest BCUT2D eigenvalue weighted by Gasteiger charge is 2.31. The van der Waals surface area contributed by atoms with E-state index in [2.05, 4.69) is 15.3 Å². The molecule has 1 amide bonds. The van der Waals surface area contributed by atoms with Crippen LogP contribution in [-0.4, -0.2) is 34.1 Å². The molecule has 0 spiro atoms. The van der Waals surface area contributed by atoms with Crippen molar-refractivity contribution in [3.8, 4) is 0 Å². The SMILES string of the molecule is CC1(C)CC(NC(=O)c2cc(=O)[nH]c(C3CC3)n2)CCO1. The molecule has 2 aliphatic rings. The van der Waals surface area contributed by atoms with Gasteiger partial charge in [-0.25, -0.2) is 4.98 Å². The Hall–Kier alpha value is -1.69. The first kappa shape index (κ1) is 14.3. The monoisotopic (exact) mass is 291 g/mol. The van der Waals surface area contributed by atoms with Crippen molar-refractivity contribution in [2.45, 2.75) is 57.1 Å². The fourth-order valence-corrected chi connectivity index (χ4v) is 2.76. The molecule has 1 aliphatic carbocycles. The third-order valence-electron chi connectivity index (χ3n) is 3.99. The maximum absolute atomic E-state index is 12.3. The third kappa shape index (κ3) is 3.50. The maximum atomic E-state index is 12.3. The van der Waals surface area contributed by atoms with E-state index in [-0.39, 0.29) is 28.8 Å². The van der Waals surface area contributed by atoms with Gasteiger partial charge in [0.1, 0.15) is 11.5 Å². The maximum Gasteiger partial charge on any atom is 0.270 e. The number of rotatable bonds is 3. The molecule has 2 heterocycles. The number of aromatic amines is 1. The van der Waals surface area contributed by atoms with Crippen LogP contribution in [0.2, 0.25) is 0 Å². The van der Waals surface area contributed by atoms with Gasteiger partial charge in [0.05, 0.1) is 5.60 Å². The van der Waals surface area contributed by atoms with Gasteiger partial charge in [-0.1, -0.05) is 0 Å². The summed E-state index contributed by atoms with van der Waals surface area (Å²) in [5, 5.41) is 2.97. The Morgan fingerprint density at radius 3 is 2.86 bits per heavy atom. The van der Waals surface area contributed by atoms with Crippen LogP contribution in [0.5, 0.6) is 0 Å². The van der Waals surface area contributed by atoms with Crippen LogP contribution in [0.15, 0.2) is 10.9 Å². The fraction of sp³-hybridized carbons (Fsp3) is 0.667. The number of ether oxygens (including phenoxy) is 1. The van der Waals surface area contributed by atoms with E-state index >= 15 is 0 Å². The smallest absolute Gasteiger partial charge is 0.270 e. The molecular formula is C15H21N3O3. The molecule has 1 saturated carbocycles. The average Bonchev–Trinajstić information content (AvgIpc) is 3.21. The minimum absolute atomic E-state index is 0.0618. The van der Waals surface area contributed by atoms with Gasteiger partial charge in [0.15, 0.2) is 0 Å². The van der Waals surface area contributed by atoms with Crippen LogP contribution in [0, 0.1) is 0 Å². The van der Waals surface area contributed by atoms with Crippen molar-refractivity contribution in [3.05, 3.63) is 27.9 Å². The molecule has 2 N–H and O–H groups in total. The Labute approximate surface area is 123 Å². The van der Waals surface area contributed by atoms with Crippen molar-refractivity contribution in [3.63, 3.8) is 0 Å². The molecule has 6 nitrogen and oxygen atoms in total. The molecule has 0 bridgehead atoms. The van der Waals surface area contributed by atoms with Crippen LogP contribution >= 0.6 is 0 Å². The molecule has 114 valence electrons. The van der Waals surface area contributed by atoms with Gasteiger partial charge in [0.2, 0.25) is 0 Å². The summed E-state index contributed by atoms with van der Waals surface area (Å²) in [7, 11) is 0. The van der Waals surface area contributed by atoms with E-state index in [0.717, 1.165) is 25.7 Å². The zero-order valence-electron chi connectivity index (χ0n) is 12.4. The van der Waals surface area contributed by atoms with E-state index in [1.807, 2.05) is 13.8 Å². The molecule has 6 heteroatoms. The zero-order chi connectivity index (χ0) is 15.0.